The van der Waals surface area contributed by atoms with Crippen molar-refractivity contribution in [3.8, 4) is 11.1 Å². The number of carbonyl (C=O) groups is 1. The van der Waals surface area contributed by atoms with Crippen molar-refractivity contribution in [2.75, 3.05) is 43.6 Å². The van der Waals surface area contributed by atoms with Crippen LogP contribution in [0.3, 0.4) is 0 Å². The summed E-state index contributed by atoms with van der Waals surface area (Å²) in [7, 11) is 0. The quantitative estimate of drug-likeness (QED) is 0.570. The Labute approximate surface area is 202 Å². The van der Waals surface area contributed by atoms with Gasteiger partial charge in [0, 0.05) is 62.4 Å². The molecule has 2 aromatic heterocycles. The molecule has 2 aliphatic heterocycles. The van der Waals surface area contributed by atoms with Gasteiger partial charge in [-0.2, -0.15) is 13.2 Å². The summed E-state index contributed by atoms with van der Waals surface area (Å²) in [5.74, 6) is 0.0250. The van der Waals surface area contributed by atoms with E-state index in [-0.39, 0.29) is 23.2 Å². The lowest BCUT2D eigenvalue weighted by Crippen LogP contribution is -2.29. The van der Waals surface area contributed by atoms with Crippen molar-refractivity contribution in [2.45, 2.75) is 45.2 Å². The molecule has 35 heavy (non-hydrogen) atoms. The number of ether oxygens (including phenoxy) is 2. The summed E-state index contributed by atoms with van der Waals surface area (Å²) < 4.78 is 52.6. The Balaban J connectivity index is 1.64. The van der Waals surface area contributed by atoms with Crippen molar-refractivity contribution in [1.29, 1.82) is 0 Å². The fourth-order valence-corrected chi connectivity index (χ4v) is 4.62. The highest BCUT2D eigenvalue weighted by molar-refractivity contribution is 5.92. The van der Waals surface area contributed by atoms with Crippen LogP contribution < -0.4 is 10.6 Å². The van der Waals surface area contributed by atoms with Crippen LogP contribution in [0.4, 0.5) is 24.7 Å². The molecule has 0 spiro atoms. The van der Waals surface area contributed by atoms with E-state index in [1.807, 2.05) is 6.92 Å². The van der Waals surface area contributed by atoms with Gasteiger partial charge in [-0.25, -0.2) is 4.98 Å². The van der Waals surface area contributed by atoms with E-state index in [9.17, 15) is 18.0 Å². The molecule has 0 aliphatic carbocycles. The van der Waals surface area contributed by atoms with Crippen molar-refractivity contribution >= 4 is 17.4 Å². The first-order valence-corrected chi connectivity index (χ1v) is 12.1. The zero-order chi connectivity index (χ0) is 24.8. The summed E-state index contributed by atoms with van der Waals surface area (Å²) in [6.45, 7) is 5.03. The van der Waals surface area contributed by atoms with Gasteiger partial charge in [0.1, 0.15) is 5.82 Å². The number of hydrogen-bond acceptors (Lipinski definition) is 6. The molecule has 0 saturated carbocycles. The summed E-state index contributed by atoms with van der Waals surface area (Å²) in [6, 6.07) is 1.30. The Morgan fingerprint density at radius 2 is 1.71 bits per heavy atom. The highest BCUT2D eigenvalue weighted by Crippen LogP contribution is 2.40. The lowest BCUT2D eigenvalue weighted by molar-refractivity contribution is -0.137. The van der Waals surface area contributed by atoms with Gasteiger partial charge in [-0.3, -0.25) is 9.78 Å². The van der Waals surface area contributed by atoms with Crippen LogP contribution >= 0.6 is 0 Å². The minimum absolute atomic E-state index is 0.0474. The van der Waals surface area contributed by atoms with Crippen LogP contribution in [0.15, 0.2) is 24.7 Å². The van der Waals surface area contributed by atoms with Crippen LogP contribution in [0, 0.1) is 11.8 Å². The van der Waals surface area contributed by atoms with Crippen LogP contribution in [0.25, 0.3) is 11.1 Å². The largest absolute Gasteiger partial charge is 0.418 e. The van der Waals surface area contributed by atoms with Crippen molar-refractivity contribution in [1.82, 2.24) is 9.97 Å². The predicted octanol–water partition coefficient (Wildman–Crippen LogP) is 4.93. The predicted molar refractivity (Wildman–Crippen MR) is 126 cm³/mol. The van der Waals surface area contributed by atoms with Crippen LogP contribution in [0.2, 0.25) is 0 Å². The van der Waals surface area contributed by atoms with E-state index in [2.05, 4.69) is 20.6 Å². The van der Waals surface area contributed by atoms with Crippen LogP contribution in [-0.4, -0.2) is 48.8 Å². The molecule has 0 bridgehead atoms. The van der Waals surface area contributed by atoms with E-state index in [1.54, 1.807) is 6.20 Å². The molecule has 2 N–H and O–H groups in total. The average molecular weight is 493 g/mol. The highest BCUT2D eigenvalue weighted by Gasteiger charge is 2.35. The lowest BCUT2D eigenvalue weighted by atomic mass is 9.95. The molecule has 4 heterocycles. The molecule has 0 unspecified atom stereocenters. The third-order valence-electron chi connectivity index (χ3n) is 6.68. The van der Waals surface area contributed by atoms with Gasteiger partial charge in [-0.15, -0.1) is 0 Å². The Kier molecular flexibility index (Phi) is 8.22. The molecule has 7 nitrogen and oxygen atoms in total. The number of nitrogens with zero attached hydrogens (tertiary/aromatic N) is 2. The molecule has 0 radical (unpaired) electrons. The van der Waals surface area contributed by atoms with Crippen LogP contribution in [0.1, 0.15) is 43.7 Å². The normalized spacial score (nSPS) is 17.8. The highest BCUT2D eigenvalue weighted by atomic mass is 19.4. The summed E-state index contributed by atoms with van der Waals surface area (Å²) in [6.07, 6.45) is 2.84. The number of rotatable bonds is 7. The van der Waals surface area contributed by atoms with Gasteiger partial charge in [0.15, 0.2) is 0 Å². The average Bonchev–Trinajstić information content (AvgIpc) is 2.87. The molecule has 10 heteroatoms. The fourth-order valence-electron chi connectivity index (χ4n) is 4.62. The van der Waals surface area contributed by atoms with Crippen molar-refractivity contribution in [3.05, 3.63) is 35.8 Å². The van der Waals surface area contributed by atoms with Gasteiger partial charge >= 0.3 is 6.18 Å². The van der Waals surface area contributed by atoms with Gasteiger partial charge in [0.05, 0.1) is 17.4 Å². The maximum absolute atomic E-state index is 14.0. The fraction of sp³-hybridized carbons (Fsp3) is 0.560. The molecule has 2 aliphatic rings. The minimum Gasteiger partial charge on any atom is -0.383 e. The second-order valence-corrected chi connectivity index (χ2v) is 8.99. The second kappa shape index (κ2) is 11.3. The number of carbonyl (C=O) groups excluding carboxylic acids is 1. The van der Waals surface area contributed by atoms with Crippen molar-refractivity contribution < 1.29 is 27.4 Å². The summed E-state index contributed by atoms with van der Waals surface area (Å²) in [5, 5.41) is 6.10. The minimum atomic E-state index is -4.61. The maximum atomic E-state index is 14.0. The number of anilines is 2. The number of pyridine rings is 2. The van der Waals surface area contributed by atoms with E-state index in [0.29, 0.717) is 56.2 Å². The van der Waals surface area contributed by atoms with Crippen molar-refractivity contribution in [2.24, 2.45) is 11.8 Å². The summed E-state index contributed by atoms with van der Waals surface area (Å²) >= 11 is 0. The lowest BCUT2D eigenvalue weighted by Gasteiger charge is -2.24. The summed E-state index contributed by atoms with van der Waals surface area (Å²) in [5.41, 5.74) is 0.925. The summed E-state index contributed by atoms with van der Waals surface area (Å²) in [4.78, 5) is 20.8. The number of hydrogen-bond donors (Lipinski definition) is 2. The number of aromatic nitrogens is 2. The van der Waals surface area contributed by atoms with E-state index in [4.69, 9.17) is 9.47 Å². The smallest absolute Gasteiger partial charge is 0.383 e. The topological polar surface area (TPSA) is 85.4 Å². The molecule has 1 amide bonds. The molecule has 0 atom stereocenters. The first-order valence-electron chi connectivity index (χ1n) is 12.1. The Morgan fingerprint density at radius 3 is 2.37 bits per heavy atom. The molecule has 2 fully saturated rings. The third-order valence-corrected chi connectivity index (χ3v) is 6.68. The van der Waals surface area contributed by atoms with E-state index < -0.39 is 11.7 Å². The number of nitrogens with one attached hydrogen (secondary N) is 2. The molecule has 2 aromatic rings. The first kappa shape index (κ1) is 25.4. The Bertz CT molecular complexity index is 1020. The molecular formula is C25H31F3N4O3. The molecule has 190 valence electrons. The van der Waals surface area contributed by atoms with E-state index >= 15 is 0 Å². The Morgan fingerprint density at radius 1 is 1.03 bits per heavy atom. The van der Waals surface area contributed by atoms with Gasteiger partial charge in [-0.1, -0.05) is 6.92 Å². The molecule has 2 saturated heterocycles. The molecule has 0 aromatic carbocycles. The zero-order valence-corrected chi connectivity index (χ0v) is 19.8. The Hall–Kier alpha value is -2.72. The number of amides is 1. The van der Waals surface area contributed by atoms with Gasteiger partial charge in [-0.05, 0) is 49.7 Å². The monoisotopic (exact) mass is 492 g/mol. The third kappa shape index (κ3) is 6.29. The zero-order valence-electron chi connectivity index (χ0n) is 19.8. The van der Waals surface area contributed by atoms with Crippen LogP contribution in [0.5, 0.6) is 0 Å². The van der Waals surface area contributed by atoms with E-state index in [0.717, 1.165) is 37.8 Å². The standard InChI is InChI=1S/C25H31F3N4O3/c1-2-18-20(13-29-15-22(18)30-12-16-3-7-34-8-4-16)19-11-23(31-14-21(19)25(26,27)28)32-24(33)17-5-9-35-10-6-17/h11,13-17,30H,2-10,12H2,1H3,(H,31,32,33). The van der Waals surface area contributed by atoms with Gasteiger partial charge in [0.25, 0.3) is 0 Å². The van der Waals surface area contributed by atoms with Crippen molar-refractivity contribution in [3.63, 3.8) is 0 Å². The molecular weight excluding hydrogens is 461 g/mol. The first-order chi connectivity index (χ1) is 16.9. The van der Waals surface area contributed by atoms with Crippen LogP contribution in [-0.2, 0) is 26.9 Å². The SMILES string of the molecule is CCc1c(NCC2CCOCC2)cncc1-c1cc(NC(=O)C2CCOCC2)ncc1C(F)(F)F. The van der Waals surface area contributed by atoms with E-state index in [1.165, 1.54) is 12.3 Å². The molecule has 4 rings (SSSR count). The number of alkyl halides is 3. The van der Waals surface area contributed by atoms with Gasteiger partial charge in [0.2, 0.25) is 5.91 Å². The maximum Gasteiger partial charge on any atom is 0.418 e. The second-order valence-electron chi connectivity index (χ2n) is 8.99. The van der Waals surface area contributed by atoms with Gasteiger partial charge < -0.3 is 20.1 Å². The number of halogens is 3.